The fourth-order valence-corrected chi connectivity index (χ4v) is 5.35. The van der Waals surface area contributed by atoms with E-state index in [1.165, 1.54) is 0 Å². The molecule has 2 N–H and O–H groups in total. The zero-order chi connectivity index (χ0) is 13.1. The number of thioether (sulfide) groups is 2. The van der Waals surface area contributed by atoms with Gasteiger partial charge in [-0.25, -0.2) is 0 Å². The third-order valence-corrected chi connectivity index (χ3v) is 5.98. The molecule has 2 rings (SSSR count). The molecule has 0 aromatic heterocycles. The van der Waals surface area contributed by atoms with E-state index in [2.05, 4.69) is 6.58 Å². The minimum atomic E-state index is -0.553. The quantitative estimate of drug-likeness (QED) is 0.781. The smallest absolute Gasteiger partial charge is 0.0700 e. The van der Waals surface area contributed by atoms with E-state index in [0.29, 0.717) is 12.8 Å². The second-order valence-corrected chi connectivity index (χ2v) is 8.23. The molecule has 0 aliphatic carbocycles. The van der Waals surface area contributed by atoms with Gasteiger partial charge in [-0.2, -0.15) is 23.5 Å². The molecular formula is C14H24O2S2. The van der Waals surface area contributed by atoms with Crippen molar-refractivity contribution in [1.82, 2.24) is 0 Å². The molecule has 2 saturated heterocycles. The van der Waals surface area contributed by atoms with Gasteiger partial charge in [0.05, 0.1) is 11.2 Å². The van der Waals surface area contributed by atoms with Gasteiger partial charge < -0.3 is 10.2 Å². The summed E-state index contributed by atoms with van der Waals surface area (Å²) in [5, 5.41) is 21.0. The predicted molar refractivity (Wildman–Crippen MR) is 81.4 cm³/mol. The Morgan fingerprint density at radius 2 is 1.17 bits per heavy atom. The highest BCUT2D eigenvalue weighted by Gasteiger charge is 2.34. The van der Waals surface area contributed by atoms with Crippen molar-refractivity contribution >= 4 is 23.5 Å². The normalized spacial score (nSPS) is 26.8. The lowest BCUT2D eigenvalue weighted by Gasteiger charge is -2.36. The van der Waals surface area contributed by atoms with Crippen LogP contribution in [-0.2, 0) is 0 Å². The van der Waals surface area contributed by atoms with Crippen LogP contribution in [0.5, 0.6) is 0 Å². The first kappa shape index (κ1) is 14.8. The zero-order valence-electron chi connectivity index (χ0n) is 11.0. The number of hydrogen-bond donors (Lipinski definition) is 2. The van der Waals surface area contributed by atoms with Crippen LogP contribution in [0.1, 0.15) is 38.5 Å². The number of hydrogen-bond acceptors (Lipinski definition) is 4. The van der Waals surface area contributed by atoms with Gasteiger partial charge in [0, 0.05) is 0 Å². The monoisotopic (exact) mass is 288 g/mol. The van der Waals surface area contributed by atoms with Crippen molar-refractivity contribution in [3.05, 3.63) is 12.2 Å². The first-order valence-electron chi connectivity index (χ1n) is 6.78. The molecule has 0 radical (unpaired) electrons. The Labute approximate surface area is 119 Å². The van der Waals surface area contributed by atoms with E-state index in [1.807, 2.05) is 23.5 Å². The number of aliphatic hydroxyl groups is 2. The van der Waals surface area contributed by atoms with E-state index in [-0.39, 0.29) is 0 Å². The highest BCUT2D eigenvalue weighted by molar-refractivity contribution is 7.99. The molecule has 2 nitrogen and oxygen atoms in total. The SMILES string of the molecule is C=C(CC1(O)CCSCC1)CC1(O)CCSCC1. The van der Waals surface area contributed by atoms with Crippen LogP contribution in [0.25, 0.3) is 0 Å². The molecule has 2 aliphatic heterocycles. The van der Waals surface area contributed by atoms with Gasteiger partial charge in [0.25, 0.3) is 0 Å². The summed E-state index contributed by atoms with van der Waals surface area (Å²) < 4.78 is 0. The van der Waals surface area contributed by atoms with Gasteiger partial charge in [0.15, 0.2) is 0 Å². The van der Waals surface area contributed by atoms with E-state index >= 15 is 0 Å². The molecule has 104 valence electrons. The van der Waals surface area contributed by atoms with Crippen LogP contribution < -0.4 is 0 Å². The van der Waals surface area contributed by atoms with Crippen LogP contribution in [0.2, 0.25) is 0 Å². The lowest BCUT2D eigenvalue weighted by atomic mass is 9.82. The Bertz CT molecular complexity index is 264. The third kappa shape index (κ3) is 4.19. The average molecular weight is 288 g/mol. The van der Waals surface area contributed by atoms with Crippen molar-refractivity contribution in [2.24, 2.45) is 0 Å². The topological polar surface area (TPSA) is 40.5 Å². The fraction of sp³-hybridized carbons (Fsp3) is 0.857. The van der Waals surface area contributed by atoms with Gasteiger partial charge in [0.1, 0.15) is 0 Å². The molecule has 0 spiro atoms. The van der Waals surface area contributed by atoms with E-state index in [1.54, 1.807) is 0 Å². The van der Waals surface area contributed by atoms with Crippen LogP contribution in [0.4, 0.5) is 0 Å². The summed E-state index contributed by atoms with van der Waals surface area (Å²) in [7, 11) is 0. The molecule has 0 aromatic carbocycles. The summed E-state index contributed by atoms with van der Waals surface area (Å²) in [4.78, 5) is 0. The highest BCUT2D eigenvalue weighted by Crippen LogP contribution is 2.37. The first-order chi connectivity index (χ1) is 8.52. The zero-order valence-corrected chi connectivity index (χ0v) is 12.6. The minimum Gasteiger partial charge on any atom is -0.389 e. The maximum absolute atomic E-state index is 10.5. The molecule has 18 heavy (non-hydrogen) atoms. The van der Waals surface area contributed by atoms with Crippen molar-refractivity contribution in [2.75, 3.05) is 23.0 Å². The molecule has 0 amide bonds. The maximum atomic E-state index is 10.5. The van der Waals surface area contributed by atoms with Gasteiger partial charge in [-0.1, -0.05) is 12.2 Å². The van der Waals surface area contributed by atoms with E-state index in [9.17, 15) is 10.2 Å². The summed E-state index contributed by atoms with van der Waals surface area (Å²) >= 11 is 3.83. The van der Waals surface area contributed by atoms with E-state index < -0.39 is 11.2 Å². The standard InChI is InChI=1S/C14H24O2S2/c1-12(10-13(15)2-6-17-7-3-13)11-14(16)4-8-18-9-5-14/h15-16H,1-11H2. The summed E-state index contributed by atoms with van der Waals surface area (Å²) in [6, 6.07) is 0. The van der Waals surface area contributed by atoms with E-state index in [4.69, 9.17) is 0 Å². The largest absolute Gasteiger partial charge is 0.389 e. The summed E-state index contributed by atoms with van der Waals surface area (Å²) in [5.41, 5.74) is -0.0803. The summed E-state index contributed by atoms with van der Waals surface area (Å²) in [6.07, 6.45) is 4.80. The molecule has 4 heteroatoms. The maximum Gasteiger partial charge on any atom is 0.0700 e. The highest BCUT2D eigenvalue weighted by atomic mass is 32.2. The first-order valence-corrected chi connectivity index (χ1v) is 9.09. The molecule has 0 aromatic rings. The Morgan fingerprint density at radius 1 is 0.833 bits per heavy atom. The molecule has 0 bridgehead atoms. The summed E-state index contributed by atoms with van der Waals surface area (Å²) in [6.45, 7) is 4.10. The Balaban J connectivity index is 1.83. The van der Waals surface area contributed by atoms with Crippen LogP contribution >= 0.6 is 23.5 Å². The van der Waals surface area contributed by atoms with Crippen molar-refractivity contribution in [3.63, 3.8) is 0 Å². The lowest BCUT2D eigenvalue weighted by Crippen LogP contribution is -2.37. The van der Waals surface area contributed by atoms with Crippen LogP contribution in [0.15, 0.2) is 12.2 Å². The Hall–Kier alpha value is 0.360. The Kier molecular flexibility index (Phi) is 5.09. The van der Waals surface area contributed by atoms with Gasteiger partial charge >= 0.3 is 0 Å². The predicted octanol–water partition coefficient (Wildman–Crippen LogP) is 2.84. The molecule has 2 heterocycles. The van der Waals surface area contributed by atoms with Gasteiger partial charge in [0.2, 0.25) is 0 Å². The van der Waals surface area contributed by atoms with Gasteiger partial charge in [-0.15, -0.1) is 0 Å². The molecule has 0 saturated carbocycles. The van der Waals surface area contributed by atoms with Crippen molar-refractivity contribution in [2.45, 2.75) is 49.7 Å². The Morgan fingerprint density at radius 3 is 1.50 bits per heavy atom. The van der Waals surface area contributed by atoms with Crippen molar-refractivity contribution in [3.8, 4) is 0 Å². The van der Waals surface area contributed by atoms with Crippen LogP contribution in [0, 0.1) is 0 Å². The van der Waals surface area contributed by atoms with Crippen molar-refractivity contribution < 1.29 is 10.2 Å². The average Bonchev–Trinajstić information content (AvgIpc) is 2.29. The third-order valence-electron chi connectivity index (χ3n) is 4.01. The van der Waals surface area contributed by atoms with Crippen molar-refractivity contribution in [1.29, 1.82) is 0 Å². The second kappa shape index (κ2) is 6.21. The molecule has 0 unspecified atom stereocenters. The van der Waals surface area contributed by atoms with Crippen LogP contribution in [0.3, 0.4) is 0 Å². The molecule has 2 fully saturated rings. The fourth-order valence-electron chi connectivity index (χ4n) is 2.85. The molecule has 2 aliphatic rings. The molecular weight excluding hydrogens is 264 g/mol. The van der Waals surface area contributed by atoms with Gasteiger partial charge in [-0.05, 0) is 61.5 Å². The van der Waals surface area contributed by atoms with Gasteiger partial charge in [-0.3, -0.25) is 0 Å². The second-order valence-electron chi connectivity index (χ2n) is 5.78. The minimum absolute atomic E-state index is 0.553. The number of rotatable bonds is 4. The summed E-state index contributed by atoms with van der Waals surface area (Å²) in [5.74, 6) is 4.19. The van der Waals surface area contributed by atoms with Crippen LogP contribution in [-0.4, -0.2) is 44.4 Å². The molecule has 0 atom stereocenters. The van der Waals surface area contributed by atoms with E-state index in [0.717, 1.165) is 54.3 Å². The lowest BCUT2D eigenvalue weighted by molar-refractivity contribution is 0.0142.